The molecule has 90 valence electrons. The van der Waals surface area contributed by atoms with Crippen LogP contribution in [0.2, 0.25) is 0 Å². The Labute approximate surface area is 98.7 Å². The van der Waals surface area contributed by atoms with Gasteiger partial charge in [-0.15, -0.1) is 0 Å². The summed E-state index contributed by atoms with van der Waals surface area (Å²) >= 11 is 0. The van der Waals surface area contributed by atoms with Crippen LogP contribution in [0.4, 0.5) is 0 Å². The van der Waals surface area contributed by atoms with Crippen molar-refractivity contribution in [2.45, 2.75) is 12.5 Å². The van der Waals surface area contributed by atoms with Gasteiger partial charge in [-0.3, -0.25) is 9.59 Å². The number of nitrogens with one attached hydrogen (secondary N) is 1. The molecule has 0 saturated carbocycles. The average Bonchev–Trinajstić information content (AvgIpc) is 2.29. The van der Waals surface area contributed by atoms with Gasteiger partial charge in [-0.1, -0.05) is 12.1 Å². The summed E-state index contributed by atoms with van der Waals surface area (Å²) in [5.74, 6) is 0.291. The number of rotatable bonds is 3. The van der Waals surface area contributed by atoms with Crippen molar-refractivity contribution in [1.82, 2.24) is 5.32 Å². The van der Waals surface area contributed by atoms with Crippen molar-refractivity contribution in [3.8, 4) is 5.75 Å². The Balaban J connectivity index is 2.28. The number of hydrogen-bond donors (Lipinski definition) is 1. The molecule has 1 N–H and O–H groups in total. The van der Waals surface area contributed by atoms with E-state index in [1.165, 1.54) is 0 Å². The van der Waals surface area contributed by atoms with Gasteiger partial charge in [0.25, 0.3) is 6.47 Å². The van der Waals surface area contributed by atoms with Gasteiger partial charge in [-0.25, -0.2) is 0 Å². The summed E-state index contributed by atoms with van der Waals surface area (Å²) in [6.07, 6.45) is 0. The van der Waals surface area contributed by atoms with Crippen molar-refractivity contribution in [2.24, 2.45) is 0 Å². The smallest absolute Gasteiger partial charge is 0.298 e. The Hall–Kier alpha value is -1.88. The number of hydrogen-bond acceptors (Lipinski definition) is 4. The highest BCUT2D eigenvalue weighted by Gasteiger charge is 2.32. The standard InChI is InChI=1S/C12H13NO4/c1-12(7-16-6-11(15)13-12)9-3-2-4-10(5-9)17-8-14/h2-5,8H,6-7H2,1H3,(H,13,15). The first-order valence-electron chi connectivity index (χ1n) is 5.24. The van der Waals surface area contributed by atoms with Crippen LogP contribution in [-0.2, 0) is 19.9 Å². The summed E-state index contributed by atoms with van der Waals surface area (Å²) in [6.45, 7) is 2.71. The molecule has 0 aliphatic carbocycles. The molecule has 5 nitrogen and oxygen atoms in total. The van der Waals surface area contributed by atoms with Crippen molar-refractivity contribution in [3.63, 3.8) is 0 Å². The van der Waals surface area contributed by atoms with Gasteiger partial charge in [0.05, 0.1) is 12.1 Å². The molecule has 1 unspecified atom stereocenters. The molecule has 1 heterocycles. The van der Waals surface area contributed by atoms with Gasteiger partial charge in [0, 0.05) is 0 Å². The van der Waals surface area contributed by atoms with Gasteiger partial charge in [-0.2, -0.15) is 0 Å². The second-order valence-electron chi connectivity index (χ2n) is 4.11. The predicted molar refractivity (Wildman–Crippen MR) is 59.4 cm³/mol. The van der Waals surface area contributed by atoms with E-state index >= 15 is 0 Å². The van der Waals surface area contributed by atoms with Crippen LogP contribution in [0.3, 0.4) is 0 Å². The average molecular weight is 235 g/mol. The maximum Gasteiger partial charge on any atom is 0.298 e. The van der Waals surface area contributed by atoms with Crippen LogP contribution >= 0.6 is 0 Å². The highest BCUT2D eigenvalue weighted by molar-refractivity contribution is 5.79. The van der Waals surface area contributed by atoms with Crippen LogP contribution in [0.15, 0.2) is 24.3 Å². The highest BCUT2D eigenvalue weighted by Crippen LogP contribution is 2.26. The number of amides is 1. The van der Waals surface area contributed by atoms with Gasteiger partial charge < -0.3 is 14.8 Å². The van der Waals surface area contributed by atoms with Crippen molar-refractivity contribution in [1.29, 1.82) is 0 Å². The van der Waals surface area contributed by atoms with E-state index in [1.54, 1.807) is 18.2 Å². The number of carbonyl (C=O) groups excluding carboxylic acids is 2. The fraction of sp³-hybridized carbons (Fsp3) is 0.333. The third-order valence-electron chi connectivity index (χ3n) is 2.69. The largest absolute Gasteiger partial charge is 0.429 e. The zero-order valence-corrected chi connectivity index (χ0v) is 9.43. The summed E-state index contributed by atoms with van der Waals surface area (Å²) < 4.78 is 10.0. The fourth-order valence-electron chi connectivity index (χ4n) is 1.85. The molecule has 0 aromatic heterocycles. The molecule has 1 aliphatic rings. The molecule has 0 bridgehead atoms. The Bertz CT molecular complexity index is 446. The van der Waals surface area contributed by atoms with E-state index in [9.17, 15) is 9.59 Å². The Morgan fingerprint density at radius 3 is 3.06 bits per heavy atom. The maximum absolute atomic E-state index is 11.3. The summed E-state index contributed by atoms with van der Waals surface area (Å²) in [6, 6.07) is 7.00. The second kappa shape index (κ2) is 4.55. The molecule has 1 saturated heterocycles. The van der Waals surface area contributed by atoms with Gasteiger partial charge in [0.1, 0.15) is 12.4 Å². The lowest BCUT2D eigenvalue weighted by Gasteiger charge is -2.34. The first-order chi connectivity index (χ1) is 8.14. The number of ether oxygens (including phenoxy) is 2. The topological polar surface area (TPSA) is 64.6 Å². The molecule has 0 radical (unpaired) electrons. The van der Waals surface area contributed by atoms with E-state index in [1.807, 2.05) is 13.0 Å². The number of carbonyl (C=O) groups is 2. The fourth-order valence-corrected chi connectivity index (χ4v) is 1.85. The van der Waals surface area contributed by atoms with E-state index < -0.39 is 5.54 Å². The SMILES string of the molecule is CC1(c2cccc(OC=O)c2)COCC(=O)N1. The minimum Gasteiger partial charge on any atom is -0.429 e. The van der Waals surface area contributed by atoms with E-state index in [0.717, 1.165) is 5.56 Å². The molecule has 1 amide bonds. The normalized spacial score (nSPS) is 23.9. The molecule has 17 heavy (non-hydrogen) atoms. The van der Waals surface area contributed by atoms with Crippen molar-refractivity contribution < 1.29 is 19.1 Å². The third kappa shape index (κ3) is 2.45. The summed E-state index contributed by atoms with van der Waals surface area (Å²) in [5, 5.41) is 2.87. The molecule has 1 aromatic carbocycles. The Kier molecular flexibility index (Phi) is 3.10. The molecule has 5 heteroatoms. The summed E-state index contributed by atoms with van der Waals surface area (Å²) in [4.78, 5) is 21.6. The molecule has 0 spiro atoms. The molecular weight excluding hydrogens is 222 g/mol. The van der Waals surface area contributed by atoms with Gasteiger partial charge in [0.15, 0.2) is 0 Å². The molecule has 1 atom stereocenters. The van der Waals surface area contributed by atoms with Crippen LogP contribution in [-0.4, -0.2) is 25.6 Å². The van der Waals surface area contributed by atoms with E-state index in [4.69, 9.17) is 9.47 Å². The van der Waals surface area contributed by atoms with Gasteiger partial charge in [0.2, 0.25) is 5.91 Å². The maximum atomic E-state index is 11.3. The zero-order valence-electron chi connectivity index (χ0n) is 9.43. The summed E-state index contributed by atoms with van der Waals surface area (Å²) in [7, 11) is 0. The van der Waals surface area contributed by atoms with Crippen LogP contribution in [0.1, 0.15) is 12.5 Å². The van der Waals surface area contributed by atoms with Crippen molar-refractivity contribution in [3.05, 3.63) is 29.8 Å². The third-order valence-corrected chi connectivity index (χ3v) is 2.69. The first kappa shape index (κ1) is 11.6. The van der Waals surface area contributed by atoms with Gasteiger partial charge in [-0.05, 0) is 24.6 Å². The molecule has 1 fully saturated rings. The van der Waals surface area contributed by atoms with Gasteiger partial charge >= 0.3 is 0 Å². The lowest BCUT2D eigenvalue weighted by atomic mass is 9.92. The van der Waals surface area contributed by atoms with E-state index in [2.05, 4.69) is 5.32 Å². The highest BCUT2D eigenvalue weighted by atomic mass is 16.5. The minimum atomic E-state index is -0.586. The van der Waals surface area contributed by atoms with Crippen LogP contribution in [0.25, 0.3) is 0 Å². The first-order valence-corrected chi connectivity index (χ1v) is 5.24. The van der Waals surface area contributed by atoms with E-state index in [0.29, 0.717) is 18.8 Å². The van der Waals surface area contributed by atoms with E-state index in [-0.39, 0.29) is 12.5 Å². The second-order valence-corrected chi connectivity index (χ2v) is 4.11. The quantitative estimate of drug-likeness (QED) is 0.778. The van der Waals surface area contributed by atoms with Crippen LogP contribution < -0.4 is 10.1 Å². The predicted octanol–water partition coefficient (Wildman–Crippen LogP) is 0.583. The van der Waals surface area contributed by atoms with Crippen LogP contribution in [0, 0.1) is 0 Å². The molecular formula is C12H13NO4. The van der Waals surface area contributed by atoms with Crippen LogP contribution in [0.5, 0.6) is 5.75 Å². The number of morpholine rings is 1. The van der Waals surface area contributed by atoms with Crippen molar-refractivity contribution >= 4 is 12.4 Å². The minimum absolute atomic E-state index is 0.0835. The summed E-state index contributed by atoms with van der Waals surface area (Å²) in [5.41, 5.74) is 0.252. The lowest BCUT2D eigenvalue weighted by Crippen LogP contribution is -2.52. The zero-order chi connectivity index (χ0) is 12.3. The molecule has 1 aromatic rings. The lowest BCUT2D eigenvalue weighted by molar-refractivity contribution is -0.135. The monoisotopic (exact) mass is 235 g/mol. The number of benzene rings is 1. The van der Waals surface area contributed by atoms with Crippen molar-refractivity contribution in [2.75, 3.05) is 13.2 Å². The Morgan fingerprint density at radius 1 is 1.53 bits per heavy atom. The Morgan fingerprint density at radius 2 is 2.35 bits per heavy atom. The molecule has 1 aliphatic heterocycles. The molecule has 2 rings (SSSR count).